The van der Waals surface area contributed by atoms with Gasteiger partial charge in [-0.2, -0.15) is 0 Å². The van der Waals surface area contributed by atoms with Crippen LogP contribution in [0, 0.1) is 0 Å². The van der Waals surface area contributed by atoms with Gasteiger partial charge in [0.1, 0.15) is 0 Å². The molecule has 26 heavy (non-hydrogen) atoms. The minimum absolute atomic E-state index is 0. The van der Waals surface area contributed by atoms with E-state index in [2.05, 4.69) is 0 Å². The van der Waals surface area contributed by atoms with Crippen molar-refractivity contribution < 1.29 is 19.2 Å². The Morgan fingerprint density at radius 2 is 1.15 bits per heavy atom. The maximum absolute atomic E-state index is 11.4. The number of likely N-dealkylation sites (tertiary alicyclic amines) is 1. The highest BCUT2D eigenvalue weighted by Crippen LogP contribution is 2.15. The Morgan fingerprint density at radius 3 is 1.42 bits per heavy atom. The molecular weight excluding hydrogens is 332 g/mol. The van der Waals surface area contributed by atoms with Gasteiger partial charge in [0.2, 0.25) is 17.7 Å². The van der Waals surface area contributed by atoms with Crippen molar-refractivity contribution in [3.05, 3.63) is 11.6 Å². The second-order valence-corrected chi connectivity index (χ2v) is 6.01. The van der Waals surface area contributed by atoms with Crippen molar-refractivity contribution in [3.8, 4) is 0 Å². The minimum atomic E-state index is -0.152. The number of hydrogen-bond acceptors (Lipinski definition) is 4. The highest BCUT2D eigenvalue weighted by atomic mass is 16.2. The summed E-state index contributed by atoms with van der Waals surface area (Å²) in [4.78, 5) is 47.2. The first-order chi connectivity index (χ1) is 11.2. The molecule has 0 saturated carbocycles. The van der Waals surface area contributed by atoms with Gasteiger partial charge in [-0.15, -0.1) is 0 Å². The fourth-order valence-corrected chi connectivity index (χ4v) is 2.42. The fraction of sp³-hybridized carbons (Fsp3) is 0.700. The van der Waals surface area contributed by atoms with Crippen molar-refractivity contribution in [2.75, 3.05) is 0 Å². The molecule has 0 atom stereocenters. The Labute approximate surface area is 159 Å². The third-order valence-electron chi connectivity index (χ3n) is 3.53. The van der Waals surface area contributed by atoms with E-state index in [1.165, 1.54) is 9.80 Å². The summed E-state index contributed by atoms with van der Waals surface area (Å²) in [5, 5.41) is 0. The van der Waals surface area contributed by atoms with E-state index < -0.39 is 0 Å². The first kappa shape index (κ1) is 28.8. The molecule has 2 rings (SSSR count). The Kier molecular flexibility index (Phi) is 14.7. The van der Waals surface area contributed by atoms with Gasteiger partial charge in [0.15, 0.2) is 0 Å². The Bertz CT molecular complexity index is 506. The third-order valence-corrected chi connectivity index (χ3v) is 3.53. The van der Waals surface area contributed by atoms with Gasteiger partial charge in [0, 0.05) is 36.9 Å². The van der Waals surface area contributed by atoms with Gasteiger partial charge >= 0.3 is 0 Å². The van der Waals surface area contributed by atoms with Crippen LogP contribution in [0.15, 0.2) is 11.6 Å². The number of rotatable bonds is 2. The fourth-order valence-electron chi connectivity index (χ4n) is 2.42. The van der Waals surface area contributed by atoms with Crippen molar-refractivity contribution in [1.82, 2.24) is 9.80 Å². The molecule has 0 aromatic carbocycles. The molecule has 4 amide bonds. The molecule has 0 aromatic heterocycles. The van der Waals surface area contributed by atoms with Crippen LogP contribution < -0.4 is 0 Å². The van der Waals surface area contributed by atoms with Crippen LogP contribution in [-0.4, -0.2) is 45.5 Å². The lowest BCUT2D eigenvalue weighted by Crippen LogP contribution is -2.44. The normalized spacial score (nSPS) is 16.3. The van der Waals surface area contributed by atoms with E-state index in [9.17, 15) is 19.2 Å². The number of carbonyl (C=O) groups is 4. The first-order valence-electron chi connectivity index (χ1n) is 8.54. The molecule has 152 valence electrons. The predicted molar refractivity (Wildman–Crippen MR) is 106 cm³/mol. The summed E-state index contributed by atoms with van der Waals surface area (Å²) in [6.45, 7) is 13.1. The average Bonchev–Trinajstić information content (AvgIpc) is 2.85. The van der Waals surface area contributed by atoms with Crippen molar-refractivity contribution in [1.29, 1.82) is 0 Å². The largest absolute Gasteiger partial charge is 0.280 e. The maximum atomic E-state index is 11.4. The second kappa shape index (κ2) is 13.3. The van der Waals surface area contributed by atoms with Gasteiger partial charge in [-0.1, -0.05) is 34.8 Å². The molecule has 1 fully saturated rings. The maximum Gasteiger partial charge on any atom is 0.256 e. The minimum Gasteiger partial charge on any atom is -0.280 e. The van der Waals surface area contributed by atoms with Gasteiger partial charge in [0.25, 0.3) is 5.91 Å². The second-order valence-electron chi connectivity index (χ2n) is 6.01. The lowest BCUT2D eigenvalue weighted by atomic mass is 10.1. The molecule has 1 saturated heterocycles. The highest BCUT2D eigenvalue weighted by Gasteiger charge is 2.30. The molecule has 6 nitrogen and oxygen atoms in total. The van der Waals surface area contributed by atoms with E-state index >= 15 is 0 Å². The number of amides is 4. The molecular formula is C20H38N2O4. The summed E-state index contributed by atoms with van der Waals surface area (Å²) in [6.07, 6.45) is 2.84. The SMILES string of the molecule is C.C.CC.CC(C)N1C(=O)CCC1=O.CC1=CCC(=O)N(C(C)C)C1=O. The van der Waals surface area contributed by atoms with Crippen LogP contribution >= 0.6 is 0 Å². The van der Waals surface area contributed by atoms with Crippen molar-refractivity contribution in [3.63, 3.8) is 0 Å². The Morgan fingerprint density at radius 1 is 0.769 bits per heavy atom. The molecule has 0 N–H and O–H groups in total. The number of nitrogens with zero attached hydrogens (tertiary/aromatic N) is 2. The number of hydrogen-bond donors (Lipinski definition) is 0. The molecule has 0 bridgehead atoms. The zero-order chi connectivity index (χ0) is 19.0. The summed E-state index contributed by atoms with van der Waals surface area (Å²) >= 11 is 0. The van der Waals surface area contributed by atoms with Crippen LogP contribution in [0.1, 0.15) is 82.6 Å². The summed E-state index contributed by atoms with van der Waals surface area (Å²) < 4.78 is 0. The molecule has 0 spiro atoms. The molecule has 0 aliphatic carbocycles. The quantitative estimate of drug-likeness (QED) is 0.690. The van der Waals surface area contributed by atoms with Crippen LogP contribution in [0.4, 0.5) is 0 Å². The average molecular weight is 371 g/mol. The zero-order valence-electron chi connectivity index (χ0n) is 15.9. The van der Waals surface area contributed by atoms with E-state index in [4.69, 9.17) is 0 Å². The van der Waals surface area contributed by atoms with Crippen LogP contribution in [-0.2, 0) is 19.2 Å². The van der Waals surface area contributed by atoms with Gasteiger partial charge in [0.05, 0.1) is 0 Å². The van der Waals surface area contributed by atoms with Crippen LogP contribution in [0.25, 0.3) is 0 Å². The summed E-state index contributed by atoms with van der Waals surface area (Å²) in [5.41, 5.74) is 0.670. The lowest BCUT2D eigenvalue weighted by molar-refractivity contribution is -0.145. The van der Waals surface area contributed by atoms with Crippen molar-refractivity contribution in [2.45, 2.75) is 94.7 Å². The van der Waals surface area contributed by atoms with Crippen LogP contribution in [0.3, 0.4) is 0 Å². The van der Waals surface area contributed by atoms with E-state index in [0.717, 1.165) is 0 Å². The number of imide groups is 2. The first-order valence-corrected chi connectivity index (χ1v) is 8.54. The molecule has 0 unspecified atom stereocenters. The molecule has 2 aliphatic heterocycles. The summed E-state index contributed by atoms with van der Waals surface area (Å²) in [6, 6.07) is -0.00356. The van der Waals surface area contributed by atoms with E-state index in [-0.39, 0.29) is 50.6 Å². The summed E-state index contributed by atoms with van der Waals surface area (Å²) in [7, 11) is 0. The van der Waals surface area contributed by atoms with Crippen LogP contribution in [0.5, 0.6) is 0 Å². The molecule has 0 aromatic rings. The smallest absolute Gasteiger partial charge is 0.256 e. The zero-order valence-corrected chi connectivity index (χ0v) is 15.9. The van der Waals surface area contributed by atoms with E-state index in [0.29, 0.717) is 24.8 Å². The number of carbonyl (C=O) groups excluding carboxylic acids is 4. The topological polar surface area (TPSA) is 74.8 Å². The molecule has 2 heterocycles. The third kappa shape index (κ3) is 7.50. The predicted octanol–water partition coefficient (Wildman–Crippen LogP) is 3.94. The van der Waals surface area contributed by atoms with E-state index in [1.54, 1.807) is 13.0 Å². The van der Waals surface area contributed by atoms with Gasteiger partial charge < -0.3 is 0 Å². The van der Waals surface area contributed by atoms with Crippen molar-refractivity contribution in [2.24, 2.45) is 0 Å². The Hall–Kier alpha value is -1.98. The standard InChI is InChI=1S/C9H13NO2.C7H11NO2.C2H6.2CH4/c1-6(2)10-8(11)5-4-7(3)9(10)12;1-5(2)8-6(9)3-4-7(8)10;1-2;;/h4,6H,5H2,1-3H3;5H,3-4H2,1-2H3;1-2H3;2*1H4. The van der Waals surface area contributed by atoms with Gasteiger partial charge in [-0.3, -0.25) is 29.0 Å². The van der Waals surface area contributed by atoms with Gasteiger partial charge in [-0.05, 0) is 34.6 Å². The Balaban J connectivity index is -0.000000350. The van der Waals surface area contributed by atoms with E-state index in [1.807, 2.05) is 41.5 Å². The molecule has 6 heteroatoms. The highest BCUT2D eigenvalue weighted by molar-refractivity contribution is 6.07. The lowest BCUT2D eigenvalue weighted by Gasteiger charge is -2.27. The summed E-state index contributed by atoms with van der Waals surface area (Å²) in [5.74, 6) is -0.304. The van der Waals surface area contributed by atoms with Crippen molar-refractivity contribution >= 4 is 23.6 Å². The van der Waals surface area contributed by atoms with Crippen LogP contribution in [0.2, 0.25) is 0 Å². The van der Waals surface area contributed by atoms with Gasteiger partial charge in [-0.25, -0.2) is 0 Å². The monoisotopic (exact) mass is 370 g/mol. The molecule has 0 radical (unpaired) electrons. The molecule has 2 aliphatic rings.